The molecule has 0 atom stereocenters. The lowest BCUT2D eigenvalue weighted by Gasteiger charge is -2.17. The second kappa shape index (κ2) is 6.88. The molecule has 0 amide bonds. The molecule has 0 saturated heterocycles. The van der Waals surface area contributed by atoms with E-state index in [1.807, 2.05) is 12.1 Å². The summed E-state index contributed by atoms with van der Waals surface area (Å²) in [5, 5.41) is 10.2. The third-order valence-corrected chi connectivity index (χ3v) is 4.41. The molecule has 2 aromatic rings. The molecular weight excluding hydrogens is 290 g/mol. The Morgan fingerprint density at radius 1 is 1.40 bits per heavy atom. The van der Waals surface area contributed by atoms with E-state index in [0.29, 0.717) is 10.6 Å². The molecule has 0 aliphatic carbocycles. The summed E-state index contributed by atoms with van der Waals surface area (Å²) in [5.74, 6) is 0.0458. The van der Waals surface area contributed by atoms with Gasteiger partial charge in [-0.1, -0.05) is 29.8 Å². The number of nitrogens with zero attached hydrogens (tertiary/aromatic N) is 1. The number of nitrogens with two attached hydrogens (primary N) is 1. The van der Waals surface area contributed by atoms with Gasteiger partial charge in [0, 0.05) is 28.6 Å². The largest absolute Gasteiger partial charge is 0.384 e. The Morgan fingerprint density at radius 2 is 2.20 bits per heavy atom. The molecule has 1 aromatic heterocycles. The standard InChI is InChI=1S/C15H18ClN3S/c1-19(7-6-13-3-2-8-20-13)10-12-5-4-11(15(17)18)9-14(12)16/h2-5,8-9H,6-7,10H2,1H3,(H3,17,18). The smallest absolute Gasteiger partial charge is 0.122 e. The minimum Gasteiger partial charge on any atom is -0.384 e. The average Bonchev–Trinajstić information content (AvgIpc) is 2.91. The average molecular weight is 308 g/mol. The van der Waals surface area contributed by atoms with Gasteiger partial charge in [-0.2, -0.15) is 0 Å². The van der Waals surface area contributed by atoms with Crippen molar-refractivity contribution in [3.8, 4) is 0 Å². The van der Waals surface area contributed by atoms with Crippen LogP contribution in [0.25, 0.3) is 0 Å². The van der Waals surface area contributed by atoms with Crippen LogP contribution in [0.2, 0.25) is 5.02 Å². The summed E-state index contributed by atoms with van der Waals surface area (Å²) in [6.07, 6.45) is 1.05. The van der Waals surface area contributed by atoms with Crippen LogP contribution >= 0.6 is 22.9 Å². The highest BCUT2D eigenvalue weighted by atomic mass is 35.5. The van der Waals surface area contributed by atoms with Crippen LogP contribution in [0.3, 0.4) is 0 Å². The number of amidine groups is 1. The van der Waals surface area contributed by atoms with Crippen molar-refractivity contribution in [1.82, 2.24) is 4.90 Å². The second-order valence-electron chi connectivity index (χ2n) is 4.79. The van der Waals surface area contributed by atoms with E-state index >= 15 is 0 Å². The predicted molar refractivity (Wildman–Crippen MR) is 86.8 cm³/mol. The van der Waals surface area contributed by atoms with Crippen LogP contribution in [0.5, 0.6) is 0 Å². The molecule has 0 bridgehead atoms. The van der Waals surface area contributed by atoms with Gasteiger partial charge >= 0.3 is 0 Å². The lowest BCUT2D eigenvalue weighted by atomic mass is 10.1. The fraction of sp³-hybridized carbons (Fsp3) is 0.267. The number of benzene rings is 1. The summed E-state index contributed by atoms with van der Waals surface area (Å²) >= 11 is 8.03. The van der Waals surface area contributed by atoms with Gasteiger partial charge in [-0.25, -0.2) is 0 Å². The van der Waals surface area contributed by atoms with Gasteiger partial charge in [-0.3, -0.25) is 5.41 Å². The maximum Gasteiger partial charge on any atom is 0.122 e. The van der Waals surface area contributed by atoms with Crippen LogP contribution in [-0.2, 0) is 13.0 Å². The van der Waals surface area contributed by atoms with Crippen molar-refractivity contribution < 1.29 is 0 Å². The predicted octanol–water partition coefficient (Wildman–Crippen LogP) is 3.36. The molecular formula is C15H18ClN3S. The lowest BCUT2D eigenvalue weighted by molar-refractivity contribution is 0.332. The Labute approximate surface area is 128 Å². The highest BCUT2D eigenvalue weighted by molar-refractivity contribution is 7.09. The van der Waals surface area contributed by atoms with Crippen molar-refractivity contribution in [2.24, 2.45) is 5.73 Å². The molecule has 0 saturated carbocycles. The van der Waals surface area contributed by atoms with Crippen LogP contribution in [0, 0.1) is 5.41 Å². The molecule has 0 radical (unpaired) electrons. The Balaban J connectivity index is 1.93. The van der Waals surface area contributed by atoms with Crippen LogP contribution in [0.4, 0.5) is 0 Å². The van der Waals surface area contributed by atoms with Gasteiger partial charge in [-0.15, -0.1) is 11.3 Å². The first-order chi connectivity index (χ1) is 9.56. The van der Waals surface area contributed by atoms with Gasteiger partial charge < -0.3 is 10.6 Å². The zero-order valence-electron chi connectivity index (χ0n) is 11.4. The highest BCUT2D eigenvalue weighted by Crippen LogP contribution is 2.19. The van der Waals surface area contributed by atoms with E-state index in [0.717, 1.165) is 25.1 Å². The molecule has 3 nitrogen and oxygen atoms in total. The quantitative estimate of drug-likeness (QED) is 0.635. The summed E-state index contributed by atoms with van der Waals surface area (Å²) in [6.45, 7) is 1.79. The SMILES string of the molecule is CN(CCc1cccs1)Cc1ccc(C(=N)N)cc1Cl. The highest BCUT2D eigenvalue weighted by Gasteiger charge is 2.07. The van der Waals surface area contributed by atoms with E-state index in [2.05, 4.69) is 29.5 Å². The topological polar surface area (TPSA) is 53.1 Å². The number of rotatable bonds is 6. The number of hydrogen-bond acceptors (Lipinski definition) is 3. The molecule has 1 aromatic carbocycles. The molecule has 5 heteroatoms. The maximum absolute atomic E-state index is 7.40. The van der Waals surface area contributed by atoms with E-state index < -0.39 is 0 Å². The van der Waals surface area contributed by atoms with Crippen LogP contribution in [-0.4, -0.2) is 24.3 Å². The first-order valence-corrected chi connectivity index (χ1v) is 7.66. The van der Waals surface area contributed by atoms with Crippen molar-refractivity contribution >= 4 is 28.8 Å². The van der Waals surface area contributed by atoms with Crippen molar-refractivity contribution in [1.29, 1.82) is 5.41 Å². The number of nitrogens with one attached hydrogen (secondary N) is 1. The van der Waals surface area contributed by atoms with Gasteiger partial charge in [0.25, 0.3) is 0 Å². The van der Waals surface area contributed by atoms with Gasteiger partial charge in [0.1, 0.15) is 5.84 Å². The Bertz CT molecular complexity index is 581. The molecule has 0 aliphatic heterocycles. The Morgan fingerprint density at radius 3 is 2.80 bits per heavy atom. The van der Waals surface area contributed by atoms with Crippen LogP contribution in [0.1, 0.15) is 16.0 Å². The second-order valence-corrected chi connectivity index (χ2v) is 6.23. The summed E-state index contributed by atoms with van der Waals surface area (Å²) in [6, 6.07) is 9.79. The van der Waals surface area contributed by atoms with E-state index in [1.165, 1.54) is 4.88 Å². The van der Waals surface area contributed by atoms with Gasteiger partial charge in [0.05, 0.1) is 0 Å². The number of hydrogen-bond donors (Lipinski definition) is 2. The maximum atomic E-state index is 7.40. The van der Waals surface area contributed by atoms with E-state index in [9.17, 15) is 0 Å². The molecule has 0 unspecified atom stereocenters. The zero-order chi connectivity index (χ0) is 14.5. The van der Waals surface area contributed by atoms with E-state index in [4.69, 9.17) is 22.7 Å². The fourth-order valence-electron chi connectivity index (χ4n) is 1.97. The summed E-state index contributed by atoms with van der Waals surface area (Å²) < 4.78 is 0. The van der Waals surface area contributed by atoms with Crippen LogP contribution in [0.15, 0.2) is 35.7 Å². The minimum atomic E-state index is 0.0458. The molecule has 0 spiro atoms. The van der Waals surface area contributed by atoms with Crippen molar-refractivity contribution in [2.45, 2.75) is 13.0 Å². The number of nitrogen functional groups attached to an aromatic ring is 1. The summed E-state index contributed by atoms with van der Waals surface area (Å²) in [4.78, 5) is 3.64. The normalized spacial score (nSPS) is 10.9. The number of halogens is 1. The van der Waals surface area contributed by atoms with Gasteiger partial charge in [-0.05, 0) is 36.5 Å². The van der Waals surface area contributed by atoms with Crippen molar-refractivity contribution in [3.05, 3.63) is 56.7 Å². The number of thiophene rings is 1. The van der Waals surface area contributed by atoms with E-state index in [-0.39, 0.29) is 5.84 Å². The number of likely N-dealkylation sites (N-methyl/N-ethyl adjacent to an activating group) is 1. The lowest BCUT2D eigenvalue weighted by Crippen LogP contribution is -2.21. The van der Waals surface area contributed by atoms with Crippen molar-refractivity contribution in [2.75, 3.05) is 13.6 Å². The molecule has 106 valence electrons. The first kappa shape index (κ1) is 15.0. The third-order valence-electron chi connectivity index (χ3n) is 3.12. The summed E-state index contributed by atoms with van der Waals surface area (Å²) in [5.41, 5.74) is 7.18. The van der Waals surface area contributed by atoms with Crippen LogP contribution < -0.4 is 5.73 Å². The fourth-order valence-corrected chi connectivity index (χ4v) is 2.91. The van der Waals surface area contributed by atoms with Gasteiger partial charge in [0.2, 0.25) is 0 Å². The molecule has 3 N–H and O–H groups in total. The third kappa shape index (κ3) is 4.07. The van der Waals surface area contributed by atoms with Gasteiger partial charge in [0.15, 0.2) is 0 Å². The first-order valence-electron chi connectivity index (χ1n) is 6.40. The zero-order valence-corrected chi connectivity index (χ0v) is 13.0. The Kier molecular flexibility index (Phi) is 5.17. The monoisotopic (exact) mass is 307 g/mol. The van der Waals surface area contributed by atoms with Crippen molar-refractivity contribution in [3.63, 3.8) is 0 Å². The molecule has 1 heterocycles. The van der Waals surface area contributed by atoms with E-state index in [1.54, 1.807) is 17.4 Å². The minimum absolute atomic E-state index is 0.0458. The molecule has 0 aliphatic rings. The molecule has 0 fully saturated rings. The molecule has 2 rings (SSSR count). The Hall–Kier alpha value is -1.36. The molecule has 20 heavy (non-hydrogen) atoms. The summed E-state index contributed by atoms with van der Waals surface area (Å²) in [7, 11) is 2.09.